The number of alkyl halides is 1. The summed E-state index contributed by atoms with van der Waals surface area (Å²) in [6.07, 6.45) is -0.737. The van der Waals surface area contributed by atoms with Crippen LogP contribution in [-0.4, -0.2) is 16.5 Å². The average molecular weight is 109 g/mol. The van der Waals surface area contributed by atoms with Crippen molar-refractivity contribution < 1.29 is 9.84 Å². The van der Waals surface area contributed by atoms with Gasteiger partial charge in [0.1, 0.15) is 0 Å². The summed E-state index contributed by atoms with van der Waals surface area (Å²) < 4.78 is 4.43. The summed E-state index contributed by atoms with van der Waals surface area (Å²) in [6.45, 7) is 1.61. The first-order valence-corrected chi connectivity index (χ1v) is 2.05. The highest BCUT2D eigenvalue weighted by Crippen LogP contribution is 2.37. The molecule has 0 aromatic carbocycles. The standard InChI is InChI=1S/C3H5ClO2/c1-3(4)2(5)6-3/h2,5H,1H3. The Bertz CT molecular complexity index is 71.2. The molecular formula is C3H5ClO2. The highest BCUT2D eigenvalue weighted by Gasteiger charge is 2.49. The van der Waals surface area contributed by atoms with Gasteiger partial charge in [0.15, 0.2) is 5.06 Å². The van der Waals surface area contributed by atoms with Crippen LogP contribution in [0.2, 0.25) is 0 Å². The highest BCUT2D eigenvalue weighted by atomic mass is 35.5. The fraction of sp³-hybridized carbons (Fsp3) is 1.00. The molecule has 6 heavy (non-hydrogen) atoms. The van der Waals surface area contributed by atoms with Gasteiger partial charge in [-0.15, -0.1) is 0 Å². The number of hydrogen-bond acceptors (Lipinski definition) is 2. The van der Waals surface area contributed by atoms with Crippen molar-refractivity contribution in [2.75, 3.05) is 0 Å². The normalized spacial score (nSPS) is 55.5. The molecule has 1 fully saturated rings. The number of halogens is 1. The predicted octanol–water partition coefficient (Wildman–Crippen LogP) is 0.290. The smallest absolute Gasteiger partial charge is 0.200 e. The maximum absolute atomic E-state index is 8.34. The molecule has 1 aliphatic rings. The lowest BCUT2D eigenvalue weighted by Crippen LogP contribution is -1.95. The van der Waals surface area contributed by atoms with E-state index in [1.54, 1.807) is 6.92 Å². The molecule has 2 atom stereocenters. The maximum atomic E-state index is 8.34. The first-order chi connectivity index (χ1) is 2.63. The van der Waals surface area contributed by atoms with Gasteiger partial charge in [-0.1, -0.05) is 11.6 Å². The van der Waals surface area contributed by atoms with Crippen molar-refractivity contribution in [2.45, 2.75) is 18.3 Å². The van der Waals surface area contributed by atoms with Crippen LogP contribution in [0.3, 0.4) is 0 Å². The first-order valence-electron chi connectivity index (χ1n) is 1.68. The fourth-order valence-electron chi connectivity index (χ4n) is 0.184. The number of hydrogen-bond donors (Lipinski definition) is 1. The number of epoxide rings is 1. The van der Waals surface area contributed by atoms with Gasteiger partial charge in [-0.2, -0.15) is 0 Å². The quantitative estimate of drug-likeness (QED) is 0.357. The summed E-state index contributed by atoms with van der Waals surface area (Å²) in [6, 6.07) is 0. The Morgan fingerprint density at radius 3 is 2.17 bits per heavy atom. The molecule has 0 radical (unpaired) electrons. The zero-order valence-electron chi connectivity index (χ0n) is 3.31. The van der Waals surface area contributed by atoms with E-state index in [0.29, 0.717) is 0 Å². The number of aliphatic hydroxyl groups is 1. The molecule has 1 N–H and O–H groups in total. The van der Waals surface area contributed by atoms with E-state index in [-0.39, 0.29) is 0 Å². The first kappa shape index (κ1) is 4.37. The van der Waals surface area contributed by atoms with Gasteiger partial charge in [-0.3, -0.25) is 0 Å². The van der Waals surface area contributed by atoms with Gasteiger partial charge >= 0.3 is 0 Å². The SMILES string of the molecule is CC1(Cl)OC1O. The Balaban J connectivity index is 2.41. The average Bonchev–Trinajstić information content (AvgIpc) is 1.73. The Hall–Kier alpha value is 0.210. The summed E-state index contributed by atoms with van der Waals surface area (Å²) in [5.41, 5.74) is 0. The Morgan fingerprint density at radius 2 is 2.17 bits per heavy atom. The molecule has 0 spiro atoms. The largest absolute Gasteiger partial charge is 0.365 e. The molecular weight excluding hydrogens is 103 g/mol. The fourth-order valence-corrected chi connectivity index (χ4v) is 0.269. The van der Waals surface area contributed by atoms with Crippen LogP contribution in [0, 0.1) is 0 Å². The Labute approximate surface area is 40.7 Å². The summed E-state index contributed by atoms with van der Waals surface area (Å²) >= 11 is 5.32. The summed E-state index contributed by atoms with van der Waals surface area (Å²) in [5.74, 6) is 0. The van der Waals surface area contributed by atoms with Gasteiger partial charge in [0.05, 0.1) is 0 Å². The van der Waals surface area contributed by atoms with Crippen LogP contribution in [0.4, 0.5) is 0 Å². The third kappa shape index (κ3) is 0.511. The van der Waals surface area contributed by atoms with Crippen LogP contribution < -0.4 is 0 Å². The monoisotopic (exact) mass is 108 g/mol. The molecule has 0 amide bonds. The summed E-state index contributed by atoms with van der Waals surface area (Å²) in [5, 5.41) is 7.58. The lowest BCUT2D eigenvalue weighted by Gasteiger charge is -1.80. The highest BCUT2D eigenvalue weighted by molar-refractivity contribution is 6.24. The van der Waals surface area contributed by atoms with Crippen molar-refractivity contribution in [3.63, 3.8) is 0 Å². The molecule has 2 nitrogen and oxygen atoms in total. The van der Waals surface area contributed by atoms with Gasteiger partial charge in [0.2, 0.25) is 6.29 Å². The van der Waals surface area contributed by atoms with Crippen LogP contribution in [0.15, 0.2) is 0 Å². The van der Waals surface area contributed by atoms with Crippen molar-refractivity contribution in [1.29, 1.82) is 0 Å². The molecule has 0 aromatic rings. The van der Waals surface area contributed by atoms with E-state index in [9.17, 15) is 0 Å². The van der Waals surface area contributed by atoms with Gasteiger partial charge in [0, 0.05) is 0 Å². The van der Waals surface area contributed by atoms with Crippen LogP contribution in [0.25, 0.3) is 0 Å². The van der Waals surface area contributed by atoms with Gasteiger partial charge in [-0.25, -0.2) is 0 Å². The molecule has 2 unspecified atom stereocenters. The third-order valence-corrected chi connectivity index (χ3v) is 1.00. The zero-order valence-corrected chi connectivity index (χ0v) is 4.07. The third-order valence-electron chi connectivity index (χ3n) is 0.726. The van der Waals surface area contributed by atoms with E-state index in [4.69, 9.17) is 16.7 Å². The Morgan fingerprint density at radius 1 is 2.00 bits per heavy atom. The minimum absolute atomic E-state index is 0.737. The van der Waals surface area contributed by atoms with Crippen molar-refractivity contribution in [3.05, 3.63) is 0 Å². The van der Waals surface area contributed by atoms with E-state index >= 15 is 0 Å². The maximum Gasteiger partial charge on any atom is 0.200 e. The zero-order chi connectivity index (χ0) is 4.78. The molecule has 1 heterocycles. The topological polar surface area (TPSA) is 32.8 Å². The van der Waals surface area contributed by atoms with Crippen LogP contribution in [0.5, 0.6) is 0 Å². The van der Waals surface area contributed by atoms with Crippen molar-refractivity contribution >= 4 is 11.6 Å². The summed E-state index contributed by atoms with van der Waals surface area (Å²) in [4.78, 5) is 0. The minimum atomic E-state index is -0.764. The van der Waals surface area contributed by atoms with Crippen LogP contribution >= 0.6 is 11.6 Å². The molecule has 0 bridgehead atoms. The number of ether oxygens (including phenoxy) is 1. The van der Waals surface area contributed by atoms with E-state index in [1.165, 1.54) is 0 Å². The van der Waals surface area contributed by atoms with E-state index in [1.807, 2.05) is 0 Å². The van der Waals surface area contributed by atoms with Crippen molar-refractivity contribution in [3.8, 4) is 0 Å². The second kappa shape index (κ2) is 0.886. The van der Waals surface area contributed by atoms with Crippen LogP contribution in [-0.2, 0) is 4.74 Å². The number of aliphatic hydroxyl groups excluding tert-OH is 1. The predicted molar refractivity (Wildman–Crippen MR) is 21.3 cm³/mol. The van der Waals surface area contributed by atoms with Crippen LogP contribution in [0.1, 0.15) is 6.92 Å². The van der Waals surface area contributed by atoms with Crippen molar-refractivity contribution in [2.24, 2.45) is 0 Å². The van der Waals surface area contributed by atoms with Gasteiger partial charge < -0.3 is 9.84 Å². The lowest BCUT2D eigenvalue weighted by atomic mass is 10.5. The molecule has 0 saturated carbocycles. The van der Waals surface area contributed by atoms with Crippen molar-refractivity contribution in [1.82, 2.24) is 0 Å². The Kier molecular flexibility index (Phi) is 0.645. The molecule has 36 valence electrons. The second-order valence-electron chi connectivity index (χ2n) is 1.46. The molecule has 1 rings (SSSR count). The van der Waals surface area contributed by atoms with E-state index < -0.39 is 11.4 Å². The van der Waals surface area contributed by atoms with E-state index in [2.05, 4.69) is 4.74 Å². The summed E-state index contributed by atoms with van der Waals surface area (Å²) in [7, 11) is 0. The second-order valence-corrected chi connectivity index (χ2v) is 2.21. The van der Waals surface area contributed by atoms with E-state index in [0.717, 1.165) is 0 Å². The minimum Gasteiger partial charge on any atom is -0.365 e. The molecule has 1 saturated heterocycles. The molecule has 3 heteroatoms. The molecule has 0 aromatic heterocycles. The van der Waals surface area contributed by atoms with Gasteiger partial charge in [0.25, 0.3) is 0 Å². The molecule has 1 aliphatic heterocycles. The lowest BCUT2D eigenvalue weighted by molar-refractivity contribution is 0.156. The molecule has 0 aliphatic carbocycles. The number of rotatable bonds is 0. The van der Waals surface area contributed by atoms with Gasteiger partial charge in [-0.05, 0) is 6.92 Å².